The van der Waals surface area contributed by atoms with Gasteiger partial charge in [-0.3, -0.25) is 20.3 Å². The summed E-state index contributed by atoms with van der Waals surface area (Å²) >= 11 is 0. The van der Waals surface area contributed by atoms with Crippen LogP contribution in [0.15, 0.2) is 23.4 Å². The number of H-pyrrole nitrogens is 1. The maximum absolute atomic E-state index is 10.1. The lowest BCUT2D eigenvalue weighted by atomic mass is 9.99. The van der Waals surface area contributed by atoms with Crippen molar-refractivity contribution in [3.8, 4) is 17.1 Å². The van der Waals surface area contributed by atoms with Crippen molar-refractivity contribution in [1.82, 2.24) is 45.6 Å². The highest BCUT2D eigenvalue weighted by molar-refractivity contribution is 5.91. The maximum atomic E-state index is 10.1. The van der Waals surface area contributed by atoms with Gasteiger partial charge in [-0.25, -0.2) is 10.1 Å². The summed E-state index contributed by atoms with van der Waals surface area (Å²) in [7, 11) is 4.00. The Hall–Kier alpha value is -3.25. The number of pyridine rings is 1. The number of rotatable bonds is 4. The molecule has 0 radical (unpaired) electrons. The van der Waals surface area contributed by atoms with Crippen LogP contribution in [0, 0.1) is 13.8 Å². The van der Waals surface area contributed by atoms with Gasteiger partial charge in [0.1, 0.15) is 17.3 Å². The molecule has 0 spiro atoms. The third-order valence-electron chi connectivity index (χ3n) is 7.61. The SMILES string of the molecule is CCNC1(C)NN([C@@H](C)CO)C2=C1/C=C/c1[nH]nc3c(C)nc(cc13)-c1c(C)nn(C)c1O[C@@H](C)CN(C)C2. The van der Waals surface area contributed by atoms with Crippen LogP contribution in [0.4, 0.5) is 0 Å². The largest absolute Gasteiger partial charge is 0.473 e. The van der Waals surface area contributed by atoms with E-state index in [9.17, 15) is 5.11 Å². The molecule has 1 unspecified atom stereocenters. The number of hydrazine groups is 1. The first-order valence-corrected chi connectivity index (χ1v) is 13.7. The van der Waals surface area contributed by atoms with Crippen LogP contribution in [0.25, 0.3) is 28.2 Å². The van der Waals surface area contributed by atoms with Crippen molar-refractivity contribution >= 4 is 17.0 Å². The average Bonchev–Trinajstić information content (AvgIpc) is 3.49. The van der Waals surface area contributed by atoms with E-state index in [1.807, 2.05) is 27.8 Å². The molecule has 2 aliphatic rings. The summed E-state index contributed by atoms with van der Waals surface area (Å²) in [5, 5.41) is 29.3. The molecule has 0 saturated heterocycles. The molecule has 2 aliphatic heterocycles. The molecule has 4 N–H and O–H groups in total. The van der Waals surface area contributed by atoms with Crippen molar-refractivity contribution < 1.29 is 9.84 Å². The second kappa shape index (κ2) is 10.4. The summed E-state index contributed by atoms with van der Waals surface area (Å²) in [5.74, 6) is 0.702. The monoisotopic (exact) mass is 535 g/mol. The van der Waals surface area contributed by atoms with Crippen molar-refractivity contribution in [1.29, 1.82) is 0 Å². The summed E-state index contributed by atoms with van der Waals surface area (Å²) in [6.45, 7) is 14.5. The van der Waals surface area contributed by atoms with Crippen molar-refractivity contribution in [3.05, 3.63) is 40.5 Å². The normalized spacial score (nSPS) is 23.9. The quantitative estimate of drug-likeness (QED) is 0.399. The number of aryl methyl sites for hydroxylation is 3. The van der Waals surface area contributed by atoms with E-state index in [-0.39, 0.29) is 18.8 Å². The minimum Gasteiger partial charge on any atom is -0.473 e. The number of nitrogens with zero attached hydrogens (tertiary/aromatic N) is 6. The van der Waals surface area contributed by atoms with E-state index >= 15 is 0 Å². The molecule has 0 aliphatic carbocycles. The predicted molar refractivity (Wildman–Crippen MR) is 153 cm³/mol. The third kappa shape index (κ3) is 4.84. The number of ether oxygens (including phenoxy) is 1. The summed E-state index contributed by atoms with van der Waals surface area (Å²) < 4.78 is 8.35. The second-order valence-corrected chi connectivity index (χ2v) is 11.0. The van der Waals surface area contributed by atoms with Gasteiger partial charge < -0.3 is 14.9 Å². The molecule has 3 aromatic rings. The zero-order chi connectivity index (χ0) is 28.1. The van der Waals surface area contributed by atoms with Gasteiger partial charge in [0.05, 0.1) is 46.7 Å². The van der Waals surface area contributed by atoms with E-state index in [2.05, 4.69) is 82.0 Å². The Kier molecular flexibility index (Phi) is 7.27. The molecule has 210 valence electrons. The third-order valence-corrected chi connectivity index (χ3v) is 7.61. The second-order valence-electron chi connectivity index (χ2n) is 11.0. The fourth-order valence-corrected chi connectivity index (χ4v) is 5.82. The topological polar surface area (TPSA) is 119 Å². The van der Waals surface area contributed by atoms with Gasteiger partial charge >= 0.3 is 0 Å². The number of nitrogens with one attached hydrogen (secondary N) is 3. The van der Waals surface area contributed by atoms with Crippen LogP contribution >= 0.6 is 0 Å². The summed E-state index contributed by atoms with van der Waals surface area (Å²) in [4.78, 5) is 7.16. The predicted octanol–water partition coefficient (Wildman–Crippen LogP) is 2.48. The van der Waals surface area contributed by atoms with Crippen LogP contribution in [0.1, 0.15) is 44.8 Å². The molecule has 0 amide bonds. The van der Waals surface area contributed by atoms with Crippen LogP contribution in [-0.4, -0.2) is 91.1 Å². The van der Waals surface area contributed by atoms with Crippen molar-refractivity contribution in [2.75, 3.05) is 33.3 Å². The van der Waals surface area contributed by atoms with Gasteiger partial charge in [0, 0.05) is 31.1 Å². The lowest BCUT2D eigenvalue weighted by molar-refractivity contribution is 0.0890. The Morgan fingerprint density at radius 3 is 2.74 bits per heavy atom. The van der Waals surface area contributed by atoms with E-state index in [0.717, 1.165) is 57.1 Å². The molecule has 0 aromatic carbocycles. The van der Waals surface area contributed by atoms with Crippen molar-refractivity contribution in [2.45, 2.75) is 59.4 Å². The molecule has 2 bridgehead atoms. The number of aromatic nitrogens is 5. The van der Waals surface area contributed by atoms with Gasteiger partial charge in [0.2, 0.25) is 5.88 Å². The Balaban J connectivity index is 1.73. The van der Waals surface area contributed by atoms with Gasteiger partial charge in [-0.1, -0.05) is 13.0 Å². The molecule has 11 nitrogen and oxygen atoms in total. The van der Waals surface area contributed by atoms with Crippen molar-refractivity contribution in [3.63, 3.8) is 0 Å². The molecule has 5 rings (SSSR count). The first-order chi connectivity index (χ1) is 18.6. The van der Waals surface area contributed by atoms with Gasteiger partial charge in [0.25, 0.3) is 0 Å². The molecule has 39 heavy (non-hydrogen) atoms. The zero-order valence-electron chi connectivity index (χ0n) is 24.3. The molecule has 3 atom stereocenters. The highest BCUT2D eigenvalue weighted by Gasteiger charge is 2.41. The lowest BCUT2D eigenvalue weighted by Gasteiger charge is -2.34. The zero-order valence-corrected chi connectivity index (χ0v) is 24.3. The number of hydrogen-bond acceptors (Lipinski definition) is 9. The standard InChI is InChI=1S/C28H41N9O2/c1-9-29-28(6)21-10-11-22-20-12-23(30-19(5)26(20)32-31-22)25-18(4)33-36(8)27(25)39-17(3)13-35(7)14-24(21)37(34-28)16(2)15-38/h10-12,16-17,29,34,38H,9,13-15H2,1-8H3,(H,31,32)/b11-10+/t16-,17-,28?/m0/s1. The van der Waals surface area contributed by atoms with E-state index in [0.29, 0.717) is 19.0 Å². The van der Waals surface area contributed by atoms with Gasteiger partial charge in [0.15, 0.2) is 0 Å². The fourth-order valence-electron chi connectivity index (χ4n) is 5.82. The first-order valence-electron chi connectivity index (χ1n) is 13.7. The molecule has 5 heterocycles. The molecule has 0 saturated carbocycles. The van der Waals surface area contributed by atoms with Crippen LogP contribution in [-0.2, 0) is 7.05 Å². The number of aliphatic hydroxyl groups excluding tert-OH is 1. The molecule has 11 heteroatoms. The highest BCUT2D eigenvalue weighted by atomic mass is 16.5. The number of aromatic amines is 1. The Labute approximate surface area is 229 Å². The molecule has 3 aromatic heterocycles. The van der Waals surface area contributed by atoms with Gasteiger partial charge in [-0.15, -0.1) is 0 Å². The van der Waals surface area contributed by atoms with Crippen molar-refractivity contribution in [2.24, 2.45) is 7.05 Å². The van der Waals surface area contributed by atoms with E-state index in [4.69, 9.17) is 9.72 Å². The van der Waals surface area contributed by atoms with E-state index in [1.165, 1.54) is 0 Å². The van der Waals surface area contributed by atoms with Gasteiger partial charge in [-0.2, -0.15) is 10.2 Å². The average molecular weight is 536 g/mol. The minimum absolute atomic E-state index is 0.0295. The highest BCUT2D eigenvalue weighted by Crippen LogP contribution is 2.36. The van der Waals surface area contributed by atoms with Crippen LogP contribution in [0.5, 0.6) is 5.88 Å². The first kappa shape index (κ1) is 27.3. The molecule has 0 fully saturated rings. The summed E-state index contributed by atoms with van der Waals surface area (Å²) in [6, 6.07) is 1.96. The number of hydrogen-bond donors (Lipinski definition) is 4. The van der Waals surface area contributed by atoms with Gasteiger partial charge in [-0.05, 0) is 60.4 Å². The lowest BCUT2D eigenvalue weighted by Crippen LogP contribution is -2.58. The van der Waals surface area contributed by atoms with Crippen LogP contribution in [0.3, 0.4) is 0 Å². The van der Waals surface area contributed by atoms with Crippen LogP contribution in [0.2, 0.25) is 0 Å². The Bertz CT molecular complexity index is 1440. The Morgan fingerprint density at radius 2 is 2.03 bits per heavy atom. The van der Waals surface area contributed by atoms with Crippen LogP contribution < -0.4 is 15.5 Å². The fraction of sp³-hybridized carbons (Fsp3) is 0.536. The molecular formula is C28H41N9O2. The number of fused-ring (bicyclic) bond motifs is 3. The molecular weight excluding hydrogens is 494 g/mol. The van der Waals surface area contributed by atoms with E-state index < -0.39 is 5.66 Å². The smallest absolute Gasteiger partial charge is 0.221 e. The Morgan fingerprint density at radius 1 is 1.26 bits per heavy atom. The summed E-state index contributed by atoms with van der Waals surface area (Å²) in [5.41, 5.74) is 10.5. The number of aliphatic hydroxyl groups is 1. The minimum atomic E-state index is -0.515. The number of likely N-dealkylation sites (N-methyl/N-ethyl adjacent to an activating group) is 2. The summed E-state index contributed by atoms with van der Waals surface area (Å²) in [6.07, 6.45) is 4.14. The van der Waals surface area contributed by atoms with E-state index in [1.54, 1.807) is 4.68 Å². The maximum Gasteiger partial charge on any atom is 0.221 e.